The molecule has 0 aliphatic heterocycles. The van der Waals surface area contributed by atoms with Crippen LogP contribution in [0.1, 0.15) is 0 Å². The van der Waals surface area contributed by atoms with E-state index in [4.69, 9.17) is 17.5 Å². The minimum Gasteiger partial charge on any atom is -0.759 e. The number of hydrogen-bond donors (Lipinski definition) is 0. The summed E-state index contributed by atoms with van der Waals surface area (Å²) in [6, 6.07) is 0. The molecule has 0 fully saturated rings. The fraction of sp³-hybridized carbons (Fsp3) is 0. The van der Waals surface area contributed by atoms with E-state index in [9.17, 15) is 0 Å². The molecular formula is H10Mn2O9S-2. The Hall–Kier alpha value is 0.709. The molecule has 0 atom stereocenters. The van der Waals surface area contributed by atoms with E-state index in [-0.39, 0.29) is 61.5 Å². The summed E-state index contributed by atoms with van der Waals surface area (Å²) < 4.78 is 34.1. The molecule has 0 aromatic carbocycles. The maximum absolute atomic E-state index is 8.52. The molecule has 0 amide bonds. The Morgan fingerprint density at radius 2 is 0.667 bits per heavy atom. The Bertz CT molecular complexity index is 95.7. The zero-order valence-corrected chi connectivity index (χ0v) is 8.47. The average molecular weight is 296 g/mol. The first-order chi connectivity index (χ1) is 2.00. The van der Waals surface area contributed by atoms with Gasteiger partial charge in [0, 0.05) is 44.5 Å². The van der Waals surface area contributed by atoms with E-state index in [0.29, 0.717) is 0 Å². The van der Waals surface area contributed by atoms with Gasteiger partial charge >= 0.3 is 0 Å². The van der Waals surface area contributed by atoms with Crippen molar-refractivity contribution in [3.05, 3.63) is 0 Å². The molecule has 0 heterocycles. The Morgan fingerprint density at radius 1 is 0.667 bits per heavy atom. The third kappa shape index (κ3) is 2010. The van der Waals surface area contributed by atoms with Gasteiger partial charge in [-0.1, -0.05) is 0 Å². The van der Waals surface area contributed by atoms with Crippen LogP contribution in [0.2, 0.25) is 0 Å². The minimum absolute atomic E-state index is 0. The second-order valence-electron chi connectivity index (χ2n) is 0.408. The van der Waals surface area contributed by atoms with Gasteiger partial charge in [0.1, 0.15) is 0 Å². The van der Waals surface area contributed by atoms with Crippen LogP contribution in [0.3, 0.4) is 0 Å². The van der Waals surface area contributed by atoms with Crippen LogP contribution in [0.15, 0.2) is 0 Å². The number of rotatable bonds is 0. The smallest absolute Gasteiger partial charge is 0.0311 e. The van der Waals surface area contributed by atoms with Crippen molar-refractivity contribution >= 4 is 10.4 Å². The summed E-state index contributed by atoms with van der Waals surface area (Å²) in [6.07, 6.45) is 0. The van der Waals surface area contributed by atoms with Gasteiger partial charge in [0.05, 0.1) is 0 Å². The van der Waals surface area contributed by atoms with Crippen LogP contribution in [0.5, 0.6) is 0 Å². The summed E-state index contributed by atoms with van der Waals surface area (Å²) in [5, 5.41) is 0. The summed E-state index contributed by atoms with van der Waals surface area (Å²) in [7, 11) is -5.17. The molecule has 12 heavy (non-hydrogen) atoms. The molecular weight excluding hydrogens is 286 g/mol. The molecule has 0 aliphatic carbocycles. The molecule has 0 bridgehead atoms. The zero-order chi connectivity index (χ0) is 4.50. The first-order valence-corrected chi connectivity index (χ1v) is 2.00. The largest absolute Gasteiger partial charge is 0.759 e. The fourth-order valence-corrected chi connectivity index (χ4v) is 0. The summed E-state index contributed by atoms with van der Waals surface area (Å²) in [4.78, 5) is 0. The summed E-state index contributed by atoms with van der Waals surface area (Å²) in [5.41, 5.74) is 0. The molecule has 0 saturated carbocycles. The SMILES string of the molecule is O.O.O.O.O.O=S(=O)([O-])[O-].[Mn].[Mn]. The Kier molecular flexibility index (Phi) is 195. The van der Waals surface area contributed by atoms with Crippen molar-refractivity contribution in [2.45, 2.75) is 0 Å². The van der Waals surface area contributed by atoms with Crippen LogP contribution in [0.4, 0.5) is 0 Å². The predicted octanol–water partition coefficient (Wildman–Crippen LogP) is -5.47. The van der Waals surface area contributed by atoms with Gasteiger partial charge in [-0.3, -0.25) is 8.42 Å². The fourth-order valence-electron chi connectivity index (χ4n) is 0. The molecule has 10 N–H and O–H groups in total. The maximum atomic E-state index is 8.52. The predicted molar refractivity (Wildman–Crippen MR) is 28.5 cm³/mol. The van der Waals surface area contributed by atoms with E-state index in [1.807, 2.05) is 0 Å². The first-order valence-electron chi connectivity index (χ1n) is 0.667. The van der Waals surface area contributed by atoms with Gasteiger partial charge in [0.2, 0.25) is 0 Å². The van der Waals surface area contributed by atoms with E-state index in [2.05, 4.69) is 0 Å². The molecule has 0 aromatic rings. The van der Waals surface area contributed by atoms with E-state index in [1.165, 1.54) is 0 Å². The van der Waals surface area contributed by atoms with Gasteiger partial charge in [-0.05, 0) is 0 Å². The molecule has 0 spiro atoms. The second-order valence-corrected chi connectivity index (χ2v) is 1.22. The second kappa shape index (κ2) is 29.8. The molecule has 0 aromatic heterocycles. The third-order valence-electron chi connectivity index (χ3n) is 0. The van der Waals surface area contributed by atoms with Crippen molar-refractivity contribution < 1.29 is 79.0 Å². The van der Waals surface area contributed by atoms with Gasteiger partial charge in [-0.25, -0.2) is 0 Å². The van der Waals surface area contributed by atoms with Crippen molar-refractivity contribution in [3.63, 3.8) is 0 Å². The number of hydrogen-bond acceptors (Lipinski definition) is 4. The van der Waals surface area contributed by atoms with Crippen molar-refractivity contribution in [2.75, 3.05) is 0 Å². The van der Waals surface area contributed by atoms with Crippen LogP contribution >= 0.6 is 0 Å². The van der Waals surface area contributed by atoms with Crippen molar-refractivity contribution in [1.82, 2.24) is 0 Å². The van der Waals surface area contributed by atoms with Crippen LogP contribution in [0, 0.1) is 0 Å². The zero-order valence-electron chi connectivity index (χ0n) is 5.30. The average Bonchev–Trinajstić information content (AvgIpc) is 0.722. The molecule has 0 unspecified atom stereocenters. The van der Waals surface area contributed by atoms with E-state index in [1.54, 1.807) is 0 Å². The van der Waals surface area contributed by atoms with E-state index in [0.717, 1.165) is 0 Å². The van der Waals surface area contributed by atoms with Crippen LogP contribution in [-0.2, 0) is 44.5 Å². The van der Waals surface area contributed by atoms with Gasteiger partial charge in [-0.15, -0.1) is 0 Å². The first kappa shape index (κ1) is 78.6. The van der Waals surface area contributed by atoms with Crippen LogP contribution < -0.4 is 0 Å². The molecule has 0 saturated heterocycles. The topological polar surface area (TPSA) is 238 Å². The van der Waals surface area contributed by atoms with Crippen LogP contribution in [0.25, 0.3) is 0 Å². The van der Waals surface area contributed by atoms with E-state index < -0.39 is 10.4 Å². The Labute approximate surface area is 89.6 Å². The monoisotopic (exact) mass is 296 g/mol. The minimum atomic E-state index is -5.17. The molecule has 0 aliphatic rings. The van der Waals surface area contributed by atoms with Crippen molar-refractivity contribution in [2.24, 2.45) is 0 Å². The maximum Gasteiger partial charge on any atom is 0.0311 e. The van der Waals surface area contributed by atoms with Crippen molar-refractivity contribution in [1.29, 1.82) is 0 Å². The van der Waals surface area contributed by atoms with E-state index >= 15 is 0 Å². The van der Waals surface area contributed by atoms with Gasteiger partial charge in [0.25, 0.3) is 0 Å². The quantitative estimate of drug-likeness (QED) is 0.241. The normalized spacial score (nSPS) is 4.83. The standard InChI is InChI=1S/2Mn.H2O4S.5H2O/c;;1-5(2,3)4;;;;;/h;;(H2,1,2,3,4);5*1H2/p-2. The molecule has 0 rings (SSSR count). The Morgan fingerprint density at radius 3 is 0.667 bits per heavy atom. The molecule has 9 nitrogen and oxygen atoms in total. The summed E-state index contributed by atoms with van der Waals surface area (Å²) >= 11 is 0. The van der Waals surface area contributed by atoms with Crippen LogP contribution in [-0.4, -0.2) is 44.9 Å². The third-order valence-corrected chi connectivity index (χ3v) is 0. The summed E-state index contributed by atoms with van der Waals surface area (Å²) in [6.45, 7) is 0. The van der Waals surface area contributed by atoms with Crippen molar-refractivity contribution in [3.8, 4) is 0 Å². The molecule has 2 radical (unpaired) electrons. The molecule has 12 heteroatoms. The summed E-state index contributed by atoms with van der Waals surface area (Å²) in [5.74, 6) is 0. The van der Waals surface area contributed by atoms with Gasteiger partial charge in [0.15, 0.2) is 0 Å². The van der Waals surface area contributed by atoms with Gasteiger partial charge < -0.3 is 36.5 Å². The van der Waals surface area contributed by atoms with Gasteiger partial charge in [-0.2, -0.15) is 0 Å². The Balaban J connectivity index is -0.00000000381. The molecule has 86 valence electrons.